The number of hydrogen-bond acceptors (Lipinski definition) is 4. The molecule has 1 aromatic carbocycles. The minimum absolute atomic E-state index is 0.402. The summed E-state index contributed by atoms with van der Waals surface area (Å²) in [5.41, 5.74) is 0.402. The molecule has 0 saturated heterocycles. The van der Waals surface area contributed by atoms with Crippen LogP contribution in [-0.2, 0) is 0 Å². The quantitative estimate of drug-likeness (QED) is 0.366. The highest BCUT2D eigenvalue weighted by atomic mass is 35.5. The van der Waals surface area contributed by atoms with Crippen molar-refractivity contribution >= 4 is 17.3 Å². The van der Waals surface area contributed by atoms with Crippen LogP contribution >= 0.6 is 11.6 Å². The largest absolute Gasteiger partial charge is 0.403 e. The van der Waals surface area contributed by atoms with Gasteiger partial charge in [-0.2, -0.15) is 0 Å². The van der Waals surface area contributed by atoms with Crippen LogP contribution in [0.5, 0.6) is 0 Å². The van der Waals surface area contributed by atoms with Gasteiger partial charge >= 0.3 is 5.69 Å². The second-order valence-electron chi connectivity index (χ2n) is 1.78. The fourth-order valence-electron chi connectivity index (χ4n) is 0.533. The van der Waals surface area contributed by atoms with E-state index in [0.717, 1.165) is 0 Å². The van der Waals surface area contributed by atoms with Crippen LogP contribution in [0.3, 0.4) is 0 Å². The van der Waals surface area contributed by atoms with Gasteiger partial charge in [0.25, 0.3) is 0 Å². The molecule has 68 valence electrons. The lowest BCUT2D eigenvalue weighted by Gasteiger charge is -1.78. The molecule has 0 bridgehead atoms. The first-order valence-electron chi connectivity index (χ1n) is 2.99. The van der Waals surface area contributed by atoms with Gasteiger partial charge in [-0.1, -0.05) is 23.7 Å². The topological polar surface area (TPSA) is 94.3 Å². The molecule has 0 aliphatic carbocycles. The van der Waals surface area contributed by atoms with Gasteiger partial charge in [0.1, 0.15) is 5.02 Å². The first-order valence-corrected chi connectivity index (χ1v) is 3.37. The summed E-state index contributed by atoms with van der Waals surface area (Å²) in [4.78, 5) is 11.2. The Labute approximate surface area is 78.1 Å². The number of diazo groups is 1. The zero-order chi connectivity index (χ0) is 10.3. The van der Waals surface area contributed by atoms with Crippen molar-refractivity contribution in [2.24, 2.45) is 0 Å². The zero-order valence-electron chi connectivity index (χ0n) is 6.25. The van der Waals surface area contributed by atoms with Gasteiger partial charge in [-0.3, -0.25) is 0 Å². The minimum atomic E-state index is -1.75. The van der Waals surface area contributed by atoms with Crippen molar-refractivity contribution in [2.75, 3.05) is 0 Å². The van der Waals surface area contributed by atoms with Crippen molar-refractivity contribution in [1.29, 1.82) is 5.39 Å². The van der Waals surface area contributed by atoms with Crippen molar-refractivity contribution in [3.05, 3.63) is 49.6 Å². The fraction of sp³-hybridized carbons (Fsp3) is 0. The molecular formula is C6H4ClN3O3. The van der Waals surface area contributed by atoms with Gasteiger partial charge in [0.2, 0.25) is 5.39 Å². The fourth-order valence-corrected chi connectivity index (χ4v) is 0.706. The van der Waals surface area contributed by atoms with Crippen molar-refractivity contribution in [2.45, 2.75) is 0 Å². The lowest BCUT2D eigenvalue weighted by atomic mass is 10.3. The summed E-state index contributed by atoms with van der Waals surface area (Å²) >= 11 is 5.57. The SMILES string of the molecule is N#[N+]c1ccccc1Cl.O=[N+]([O-])[O-]. The average molecular weight is 202 g/mol. The smallest absolute Gasteiger partial charge is 0.356 e. The molecule has 1 rings (SSSR count). The van der Waals surface area contributed by atoms with Gasteiger partial charge in [0.15, 0.2) is 4.98 Å². The van der Waals surface area contributed by atoms with Gasteiger partial charge in [0.05, 0.1) is 5.09 Å². The normalized spacial score (nSPS) is 7.69. The molecule has 0 heterocycles. The van der Waals surface area contributed by atoms with Gasteiger partial charge in [-0.15, -0.1) is 0 Å². The van der Waals surface area contributed by atoms with Gasteiger partial charge in [-0.05, 0) is 6.07 Å². The summed E-state index contributed by atoms with van der Waals surface area (Å²) in [5, 5.41) is 23.5. The lowest BCUT2D eigenvalue weighted by Crippen LogP contribution is -1.74. The van der Waals surface area contributed by atoms with E-state index in [9.17, 15) is 0 Å². The molecule has 0 aliphatic rings. The molecule has 13 heavy (non-hydrogen) atoms. The highest BCUT2D eigenvalue weighted by molar-refractivity contribution is 6.33. The Hall–Kier alpha value is -1.87. The van der Waals surface area contributed by atoms with Crippen LogP contribution in [0.2, 0.25) is 5.02 Å². The number of halogens is 1. The maximum Gasteiger partial charge on any atom is 0.403 e. The Morgan fingerprint density at radius 2 is 1.85 bits per heavy atom. The summed E-state index contributed by atoms with van der Waals surface area (Å²) in [7, 11) is 0. The summed E-state index contributed by atoms with van der Waals surface area (Å²) in [6.07, 6.45) is 0. The second-order valence-corrected chi connectivity index (χ2v) is 2.18. The second kappa shape index (κ2) is 5.74. The van der Waals surface area contributed by atoms with Gasteiger partial charge in [-0.25, -0.2) is 0 Å². The predicted molar refractivity (Wildman–Crippen MR) is 46.6 cm³/mol. The maximum absolute atomic E-state index is 8.26. The molecule has 0 amide bonds. The Kier molecular flexibility index (Phi) is 4.91. The Bertz CT molecular complexity index is 332. The number of nitrogens with zero attached hydrogens (tertiary/aromatic N) is 3. The molecular weight excluding hydrogens is 198 g/mol. The summed E-state index contributed by atoms with van der Waals surface area (Å²) in [6, 6.07) is 6.82. The summed E-state index contributed by atoms with van der Waals surface area (Å²) in [6.45, 7) is 0. The van der Waals surface area contributed by atoms with Gasteiger partial charge in [0, 0.05) is 6.07 Å². The van der Waals surface area contributed by atoms with Crippen LogP contribution in [-0.4, -0.2) is 5.09 Å². The Morgan fingerprint density at radius 3 is 2.15 bits per heavy atom. The predicted octanol–water partition coefficient (Wildman–Crippen LogP) is 2.59. The molecule has 0 aliphatic heterocycles. The molecule has 0 spiro atoms. The summed E-state index contributed by atoms with van der Waals surface area (Å²) < 4.78 is 0. The van der Waals surface area contributed by atoms with E-state index < -0.39 is 5.09 Å². The van der Waals surface area contributed by atoms with Crippen molar-refractivity contribution in [3.8, 4) is 0 Å². The molecule has 0 unspecified atom stereocenters. The molecule has 7 heteroatoms. The van der Waals surface area contributed by atoms with E-state index in [-0.39, 0.29) is 0 Å². The first-order chi connectivity index (χ1) is 6.07. The molecule has 0 N–H and O–H groups in total. The number of hydrogen-bond donors (Lipinski definition) is 0. The van der Waals surface area contributed by atoms with E-state index in [1.807, 2.05) is 0 Å². The van der Waals surface area contributed by atoms with Crippen LogP contribution < -0.4 is 0 Å². The van der Waals surface area contributed by atoms with E-state index in [0.29, 0.717) is 10.7 Å². The van der Waals surface area contributed by atoms with Gasteiger partial charge < -0.3 is 15.3 Å². The van der Waals surface area contributed by atoms with E-state index >= 15 is 0 Å². The van der Waals surface area contributed by atoms with Crippen molar-refractivity contribution in [1.82, 2.24) is 0 Å². The minimum Gasteiger partial charge on any atom is -0.356 e. The molecule has 1 aromatic rings. The van der Waals surface area contributed by atoms with Crippen LogP contribution in [0.4, 0.5) is 5.69 Å². The first kappa shape index (κ1) is 11.1. The van der Waals surface area contributed by atoms with Crippen molar-refractivity contribution < 1.29 is 5.09 Å². The third-order valence-electron chi connectivity index (χ3n) is 0.960. The van der Waals surface area contributed by atoms with Crippen LogP contribution in [0.15, 0.2) is 24.3 Å². The molecule has 0 fully saturated rings. The van der Waals surface area contributed by atoms with Crippen LogP contribution in [0, 0.1) is 20.7 Å². The van der Waals surface area contributed by atoms with E-state index in [1.54, 1.807) is 24.3 Å². The standard InChI is InChI=1S/C6H4ClN2.NO3/c7-5-3-1-2-4-6(5)9-8;2-1(3)4/h1-4H;/q+1;-1. The highest BCUT2D eigenvalue weighted by Crippen LogP contribution is 2.22. The molecule has 0 atom stereocenters. The average Bonchev–Trinajstić information content (AvgIpc) is 2.04. The molecule has 6 nitrogen and oxygen atoms in total. The maximum atomic E-state index is 8.26. The van der Waals surface area contributed by atoms with Crippen LogP contribution in [0.25, 0.3) is 4.98 Å². The Balaban J connectivity index is 0.000000310. The van der Waals surface area contributed by atoms with E-state index in [2.05, 4.69) is 4.98 Å². The highest BCUT2D eigenvalue weighted by Gasteiger charge is 2.07. The Morgan fingerprint density at radius 1 is 1.38 bits per heavy atom. The van der Waals surface area contributed by atoms with Crippen LogP contribution in [0.1, 0.15) is 0 Å². The monoisotopic (exact) mass is 201 g/mol. The van der Waals surface area contributed by atoms with E-state index in [1.165, 1.54) is 0 Å². The third kappa shape index (κ3) is 5.41. The zero-order valence-corrected chi connectivity index (χ0v) is 7.01. The van der Waals surface area contributed by atoms with E-state index in [4.69, 9.17) is 32.3 Å². The molecule has 0 aromatic heterocycles. The number of benzene rings is 1. The number of rotatable bonds is 0. The summed E-state index contributed by atoms with van der Waals surface area (Å²) in [5.74, 6) is 0. The molecule has 0 radical (unpaired) electrons. The molecule has 0 saturated carbocycles. The lowest BCUT2D eigenvalue weighted by molar-refractivity contribution is -0.402. The third-order valence-corrected chi connectivity index (χ3v) is 1.28. The van der Waals surface area contributed by atoms with Crippen molar-refractivity contribution in [3.63, 3.8) is 0 Å².